The van der Waals surface area contributed by atoms with Crippen molar-refractivity contribution in [3.05, 3.63) is 52.7 Å². The van der Waals surface area contributed by atoms with Crippen molar-refractivity contribution in [3.63, 3.8) is 0 Å². The second-order valence-electron chi connectivity index (χ2n) is 8.63. The van der Waals surface area contributed by atoms with Gasteiger partial charge in [-0.2, -0.15) is 5.26 Å². The standard InChI is InChI=1S/C26H21N5O2/c27-11-24-18-7-17-2-4-22-10-23(17)26(24)30-12-19(8-18)29-14-21-13-28-15-31(21)20-3-1-16(5-6-33-22)25(32)9-20/h2,4-5,7-8,10,12-14,20-21H,1,3,6,9,15H2. The number of ketones is 1. The third kappa shape index (κ3) is 3.49. The topological polar surface area (TPSA) is 90.4 Å². The summed E-state index contributed by atoms with van der Waals surface area (Å²) in [7, 11) is 0. The fourth-order valence-electron chi connectivity index (χ4n) is 4.95. The normalized spacial score (nSPS) is 23.9. The van der Waals surface area contributed by atoms with Crippen molar-refractivity contribution in [2.24, 2.45) is 15.0 Å². The third-order valence-corrected chi connectivity index (χ3v) is 6.69. The van der Waals surface area contributed by atoms with Gasteiger partial charge in [-0.3, -0.25) is 24.7 Å². The molecule has 1 fully saturated rings. The highest BCUT2D eigenvalue weighted by Crippen LogP contribution is 2.37. The van der Waals surface area contributed by atoms with E-state index in [9.17, 15) is 10.1 Å². The number of nitrogens with zero attached hydrogens (tertiary/aromatic N) is 5. The van der Waals surface area contributed by atoms with E-state index in [0.29, 0.717) is 42.4 Å². The Morgan fingerprint density at radius 3 is 3.00 bits per heavy atom. The minimum Gasteiger partial charge on any atom is -0.489 e. The highest BCUT2D eigenvalue weighted by Gasteiger charge is 2.33. The van der Waals surface area contributed by atoms with E-state index < -0.39 is 0 Å². The molecule has 0 radical (unpaired) electrons. The molecule has 4 aliphatic heterocycles. The predicted molar refractivity (Wildman–Crippen MR) is 128 cm³/mol. The van der Waals surface area contributed by atoms with Crippen molar-refractivity contribution >= 4 is 47.0 Å². The van der Waals surface area contributed by atoms with Crippen molar-refractivity contribution in [1.29, 1.82) is 5.26 Å². The van der Waals surface area contributed by atoms with Crippen molar-refractivity contribution in [3.8, 4) is 11.8 Å². The van der Waals surface area contributed by atoms with E-state index in [-0.39, 0.29) is 17.9 Å². The fraction of sp³-hybridized carbons (Fsp3) is 0.269. The van der Waals surface area contributed by atoms with Gasteiger partial charge in [-0.1, -0.05) is 6.07 Å². The molecule has 2 atom stereocenters. The van der Waals surface area contributed by atoms with Gasteiger partial charge in [0, 0.05) is 30.3 Å². The number of fused-ring (bicyclic) bond motifs is 5. The maximum absolute atomic E-state index is 12.8. The van der Waals surface area contributed by atoms with Gasteiger partial charge in [0.25, 0.3) is 0 Å². The van der Waals surface area contributed by atoms with E-state index in [1.54, 1.807) is 6.21 Å². The van der Waals surface area contributed by atoms with Gasteiger partial charge < -0.3 is 4.74 Å². The Bertz CT molecular complexity index is 1380. The maximum atomic E-state index is 12.8. The molecule has 2 aromatic rings. The van der Waals surface area contributed by atoms with E-state index in [1.807, 2.05) is 48.8 Å². The number of hydrogen-bond donors (Lipinski definition) is 0. The molecule has 2 unspecified atom stereocenters. The van der Waals surface area contributed by atoms with Crippen molar-refractivity contribution in [2.75, 3.05) is 13.3 Å². The van der Waals surface area contributed by atoms with Crippen LogP contribution in [0.5, 0.6) is 5.75 Å². The molecule has 5 aliphatic rings. The summed E-state index contributed by atoms with van der Waals surface area (Å²) in [6, 6.07) is 10.2. The lowest BCUT2D eigenvalue weighted by molar-refractivity contribution is -0.118. The number of aliphatic imine (C=N–C) groups is 3. The number of benzene rings is 2. The highest BCUT2D eigenvalue weighted by molar-refractivity contribution is 6.04. The Morgan fingerprint density at radius 1 is 1.18 bits per heavy atom. The number of nitriles is 1. The van der Waals surface area contributed by atoms with Gasteiger partial charge in [0.05, 0.1) is 35.9 Å². The Morgan fingerprint density at radius 2 is 2.12 bits per heavy atom. The van der Waals surface area contributed by atoms with Crippen LogP contribution in [0.3, 0.4) is 0 Å². The summed E-state index contributed by atoms with van der Waals surface area (Å²) < 4.78 is 5.96. The monoisotopic (exact) mass is 435 g/mol. The number of hydrogen-bond acceptors (Lipinski definition) is 7. The zero-order valence-electron chi connectivity index (χ0n) is 17.9. The highest BCUT2D eigenvalue weighted by atomic mass is 16.5. The van der Waals surface area contributed by atoms with Crippen molar-refractivity contribution in [2.45, 2.75) is 31.3 Å². The quantitative estimate of drug-likeness (QED) is 0.626. The molecule has 162 valence electrons. The summed E-state index contributed by atoms with van der Waals surface area (Å²) in [4.78, 5) is 28.8. The molecule has 1 saturated carbocycles. The Kier molecular flexibility index (Phi) is 4.74. The number of allylic oxidation sites excluding steroid dienone is 2. The lowest BCUT2D eigenvalue weighted by Gasteiger charge is -2.33. The zero-order chi connectivity index (χ0) is 22.4. The first-order chi connectivity index (χ1) is 16.2. The number of ether oxygens (including phenoxy) is 1. The van der Waals surface area contributed by atoms with Crippen LogP contribution < -0.4 is 4.74 Å². The van der Waals surface area contributed by atoms with Crippen LogP contribution in [0.2, 0.25) is 0 Å². The predicted octanol–water partition coefficient (Wildman–Crippen LogP) is 3.99. The third-order valence-electron chi connectivity index (χ3n) is 6.69. The van der Waals surface area contributed by atoms with Gasteiger partial charge in [-0.25, -0.2) is 0 Å². The molecule has 7 rings (SSSR count). The summed E-state index contributed by atoms with van der Waals surface area (Å²) >= 11 is 0. The largest absolute Gasteiger partial charge is 0.489 e. The molecular formula is C26H21N5O2. The second kappa shape index (κ2) is 7.91. The van der Waals surface area contributed by atoms with Gasteiger partial charge in [0.15, 0.2) is 5.78 Å². The van der Waals surface area contributed by atoms with Gasteiger partial charge in [0.1, 0.15) is 18.4 Å². The van der Waals surface area contributed by atoms with Crippen LogP contribution in [0, 0.1) is 11.3 Å². The summed E-state index contributed by atoms with van der Waals surface area (Å²) in [6.45, 7) is 0.892. The van der Waals surface area contributed by atoms with Crippen LogP contribution in [0.1, 0.15) is 30.4 Å². The van der Waals surface area contributed by atoms with Crippen LogP contribution >= 0.6 is 0 Å². The van der Waals surface area contributed by atoms with Crippen LogP contribution in [0.4, 0.5) is 5.69 Å². The summed E-state index contributed by atoms with van der Waals surface area (Å²) in [5.41, 5.74) is 3.44. The molecule has 7 nitrogen and oxygen atoms in total. The molecule has 0 saturated heterocycles. The van der Waals surface area contributed by atoms with Crippen LogP contribution in [0.25, 0.3) is 16.8 Å². The van der Waals surface area contributed by atoms with E-state index in [2.05, 4.69) is 21.0 Å². The van der Waals surface area contributed by atoms with Gasteiger partial charge in [-0.15, -0.1) is 0 Å². The molecule has 0 aromatic heterocycles. The average Bonchev–Trinajstić information content (AvgIpc) is 3.24. The Balaban J connectivity index is 1.49. The SMILES string of the molecule is N#Cc1c2cc3ccc4cc3c1N=CC(=C2)N=CC1C=NCN1C1CCC(=CCO4)C(=O)C1. The van der Waals surface area contributed by atoms with Crippen molar-refractivity contribution < 1.29 is 9.53 Å². The van der Waals surface area contributed by atoms with E-state index in [0.717, 1.165) is 34.8 Å². The number of carbonyl (C=O) groups is 1. The van der Waals surface area contributed by atoms with Gasteiger partial charge in [0.2, 0.25) is 0 Å². The van der Waals surface area contributed by atoms with Gasteiger partial charge in [-0.05, 0) is 59.7 Å². The number of rotatable bonds is 0. The molecule has 33 heavy (non-hydrogen) atoms. The van der Waals surface area contributed by atoms with E-state index in [4.69, 9.17) is 9.73 Å². The summed E-state index contributed by atoms with van der Waals surface area (Å²) in [5.74, 6) is 0.855. The first kappa shape index (κ1) is 19.8. The summed E-state index contributed by atoms with van der Waals surface area (Å²) in [5, 5.41) is 11.7. The number of Topliss-reactive ketones (excluding diaryl/α,β-unsaturated/α-hetero) is 1. The average molecular weight is 435 g/mol. The number of carbonyl (C=O) groups excluding carboxylic acids is 1. The lowest BCUT2D eigenvalue weighted by Crippen LogP contribution is -2.44. The Hall–Kier alpha value is -3.89. The first-order valence-corrected chi connectivity index (χ1v) is 11.1. The van der Waals surface area contributed by atoms with Crippen LogP contribution in [-0.2, 0) is 4.79 Å². The first-order valence-electron chi connectivity index (χ1n) is 11.1. The minimum atomic E-state index is -0.0757. The molecule has 2 aromatic carbocycles. The minimum absolute atomic E-state index is 0.0757. The van der Waals surface area contributed by atoms with E-state index >= 15 is 0 Å². The molecule has 4 heterocycles. The zero-order valence-corrected chi connectivity index (χ0v) is 17.9. The molecule has 0 spiro atoms. The van der Waals surface area contributed by atoms with Crippen molar-refractivity contribution in [1.82, 2.24) is 4.90 Å². The molecule has 7 bridgehead atoms. The molecule has 7 heteroatoms. The fourth-order valence-corrected chi connectivity index (χ4v) is 4.95. The van der Waals surface area contributed by atoms with Crippen LogP contribution in [0.15, 0.2) is 56.6 Å². The molecule has 0 amide bonds. The van der Waals surface area contributed by atoms with Crippen LogP contribution in [-0.4, -0.2) is 54.7 Å². The van der Waals surface area contributed by atoms with Gasteiger partial charge >= 0.3 is 0 Å². The van der Waals surface area contributed by atoms with E-state index in [1.165, 1.54) is 0 Å². The molecular weight excluding hydrogens is 414 g/mol. The second-order valence-corrected chi connectivity index (χ2v) is 8.63. The smallest absolute Gasteiger partial charge is 0.160 e. The molecule has 0 N–H and O–H groups in total. The lowest BCUT2D eigenvalue weighted by atomic mass is 9.88. The summed E-state index contributed by atoms with van der Waals surface area (Å²) in [6.07, 6.45) is 11.4. The molecule has 1 aliphatic carbocycles. The maximum Gasteiger partial charge on any atom is 0.160 e. The Labute approximate surface area is 191 Å².